The molecule has 20 heavy (non-hydrogen) atoms. The molecule has 0 aliphatic rings. The Labute approximate surface area is 128 Å². The number of halogens is 1. The number of nitrogens with two attached hydrogens (primary N) is 1. The van der Waals surface area contributed by atoms with Gasteiger partial charge in [0.1, 0.15) is 0 Å². The lowest BCUT2D eigenvalue weighted by Gasteiger charge is -2.18. The van der Waals surface area contributed by atoms with Crippen LogP contribution in [0.5, 0.6) is 0 Å². The van der Waals surface area contributed by atoms with Gasteiger partial charge in [-0.25, -0.2) is 0 Å². The SMILES string of the molecule is Cc1ccccc1C(N)c1c(Br)cnn1CCN(C)C. The lowest BCUT2D eigenvalue weighted by atomic mass is 9.99. The summed E-state index contributed by atoms with van der Waals surface area (Å²) in [6, 6.07) is 8.05. The van der Waals surface area contributed by atoms with Crippen LogP contribution in [0.4, 0.5) is 0 Å². The van der Waals surface area contributed by atoms with Crippen LogP contribution in [0.15, 0.2) is 34.9 Å². The zero-order valence-electron chi connectivity index (χ0n) is 12.2. The highest BCUT2D eigenvalue weighted by Crippen LogP contribution is 2.28. The van der Waals surface area contributed by atoms with Crippen molar-refractivity contribution in [3.63, 3.8) is 0 Å². The van der Waals surface area contributed by atoms with Gasteiger partial charge >= 0.3 is 0 Å². The molecular weight excluding hydrogens is 316 g/mol. The van der Waals surface area contributed by atoms with E-state index in [1.807, 2.05) is 23.0 Å². The monoisotopic (exact) mass is 336 g/mol. The van der Waals surface area contributed by atoms with Gasteiger partial charge in [0.15, 0.2) is 0 Å². The third kappa shape index (κ3) is 3.29. The molecule has 0 radical (unpaired) electrons. The Balaban J connectivity index is 2.32. The molecule has 1 unspecified atom stereocenters. The maximum absolute atomic E-state index is 6.47. The fourth-order valence-corrected chi connectivity index (χ4v) is 2.78. The molecule has 1 aromatic carbocycles. The van der Waals surface area contributed by atoms with Crippen molar-refractivity contribution < 1.29 is 0 Å². The summed E-state index contributed by atoms with van der Waals surface area (Å²) >= 11 is 3.57. The Morgan fingerprint density at radius 1 is 1.35 bits per heavy atom. The number of nitrogens with zero attached hydrogens (tertiary/aromatic N) is 3. The lowest BCUT2D eigenvalue weighted by Crippen LogP contribution is -2.24. The van der Waals surface area contributed by atoms with Crippen molar-refractivity contribution >= 4 is 15.9 Å². The van der Waals surface area contributed by atoms with Gasteiger partial charge in [-0.3, -0.25) is 4.68 Å². The van der Waals surface area contributed by atoms with E-state index in [0.29, 0.717) is 0 Å². The maximum Gasteiger partial charge on any atom is 0.0739 e. The van der Waals surface area contributed by atoms with Crippen molar-refractivity contribution in [2.75, 3.05) is 20.6 Å². The molecule has 0 spiro atoms. The first-order valence-corrected chi connectivity index (χ1v) is 7.47. The predicted molar refractivity (Wildman–Crippen MR) is 85.7 cm³/mol. The minimum absolute atomic E-state index is 0.171. The third-order valence-electron chi connectivity index (χ3n) is 3.41. The molecule has 108 valence electrons. The Kier molecular flexibility index (Phi) is 4.96. The van der Waals surface area contributed by atoms with E-state index >= 15 is 0 Å². The standard InChI is InChI=1S/C15H21BrN4/c1-11-6-4-5-7-12(11)14(17)15-13(16)10-18-20(15)9-8-19(2)3/h4-7,10,14H,8-9,17H2,1-3H3. The van der Waals surface area contributed by atoms with Crippen molar-refractivity contribution in [2.24, 2.45) is 5.73 Å². The van der Waals surface area contributed by atoms with E-state index < -0.39 is 0 Å². The third-order valence-corrected chi connectivity index (χ3v) is 4.02. The number of rotatable bonds is 5. The van der Waals surface area contributed by atoms with Crippen LogP contribution < -0.4 is 5.73 Å². The highest BCUT2D eigenvalue weighted by molar-refractivity contribution is 9.10. The molecule has 4 nitrogen and oxygen atoms in total. The first kappa shape index (κ1) is 15.2. The second kappa shape index (κ2) is 6.52. The van der Waals surface area contributed by atoms with Gasteiger partial charge in [0.05, 0.1) is 29.0 Å². The number of aryl methyl sites for hydroxylation is 1. The fraction of sp³-hybridized carbons (Fsp3) is 0.400. The molecule has 2 N–H and O–H groups in total. The number of hydrogen-bond acceptors (Lipinski definition) is 3. The summed E-state index contributed by atoms with van der Waals surface area (Å²) < 4.78 is 2.95. The van der Waals surface area contributed by atoms with Crippen LogP contribution in [0.2, 0.25) is 0 Å². The van der Waals surface area contributed by atoms with Crippen LogP contribution in [-0.4, -0.2) is 35.3 Å². The smallest absolute Gasteiger partial charge is 0.0739 e. The van der Waals surface area contributed by atoms with Gasteiger partial charge in [0.2, 0.25) is 0 Å². The normalized spacial score (nSPS) is 12.9. The molecule has 1 atom stereocenters. The lowest BCUT2D eigenvalue weighted by molar-refractivity contribution is 0.368. The maximum atomic E-state index is 6.47. The molecule has 1 aromatic heterocycles. The Morgan fingerprint density at radius 3 is 2.70 bits per heavy atom. The Bertz CT molecular complexity index is 577. The van der Waals surface area contributed by atoms with Gasteiger partial charge in [-0.1, -0.05) is 24.3 Å². The van der Waals surface area contributed by atoms with Crippen molar-refractivity contribution in [2.45, 2.75) is 19.5 Å². The van der Waals surface area contributed by atoms with E-state index in [1.54, 1.807) is 0 Å². The minimum atomic E-state index is -0.171. The quantitative estimate of drug-likeness (QED) is 0.912. The summed E-state index contributed by atoms with van der Waals surface area (Å²) in [6.07, 6.45) is 1.82. The van der Waals surface area contributed by atoms with Crippen LogP contribution in [0, 0.1) is 6.92 Å². The van der Waals surface area contributed by atoms with Gasteiger partial charge in [0.25, 0.3) is 0 Å². The highest BCUT2D eigenvalue weighted by Gasteiger charge is 2.19. The summed E-state index contributed by atoms with van der Waals surface area (Å²) in [5.74, 6) is 0. The molecule has 0 bridgehead atoms. The molecule has 2 aromatic rings. The number of benzene rings is 1. The molecule has 0 saturated heterocycles. The van der Waals surface area contributed by atoms with E-state index in [0.717, 1.165) is 28.8 Å². The first-order valence-electron chi connectivity index (χ1n) is 6.67. The van der Waals surface area contributed by atoms with E-state index in [4.69, 9.17) is 5.73 Å². The molecule has 5 heteroatoms. The Hall–Kier alpha value is -1.17. The van der Waals surface area contributed by atoms with Gasteiger partial charge < -0.3 is 10.6 Å². The van der Waals surface area contributed by atoms with Gasteiger partial charge in [-0.2, -0.15) is 5.10 Å². The molecular formula is C15H21BrN4. The van der Waals surface area contributed by atoms with Gasteiger partial charge in [-0.15, -0.1) is 0 Å². The summed E-state index contributed by atoms with van der Waals surface area (Å²) in [5.41, 5.74) is 9.83. The van der Waals surface area contributed by atoms with Crippen molar-refractivity contribution in [3.05, 3.63) is 51.8 Å². The zero-order chi connectivity index (χ0) is 14.7. The largest absolute Gasteiger partial charge is 0.319 e. The van der Waals surface area contributed by atoms with Crippen molar-refractivity contribution in [1.82, 2.24) is 14.7 Å². The second-order valence-corrected chi connectivity index (χ2v) is 6.09. The number of hydrogen-bond donors (Lipinski definition) is 1. The topological polar surface area (TPSA) is 47.1 Å². The van der Waals surface area contributed by atoms with E-state index in [2.05, 4.69) is 59.1 Å². The molecule has 0 amide bonds. The molecule has 2 rings (SSSR count). The number of likely N-dealkylation sites (N-methyl/N-ethyl adjacent to an activating group) is 1. The van der Waals surface area contributed by atoms with Crippen LogP contribution in [-0.2, 0) is 6.54 Å². The first-order chi connectivity index (χ1) is 9.50. The summed E-state index contributed by atoms with van der Waals surface area (Å²) in [7, 11) is 4.11. The van der Waals surface area contributed by atoms with Crippen molar-refractivity contribution in [3.8, 4) is 0 Å². The van der Waals surface area contributed by atoms with E-state index in [1.165, 1.54) is 5.56 Å². The fourth-order valence-electron chi connectivity index (χ4n) is 2.24. The highest BCUT2D eigenvalue weighted by atomic mass is 79.9. The Morgan fingerprint density at radius 2 is 2.05 bits per heavy atom. The minimum Gasteiger partial charge on any atom is -0.319 e. The molecule has 0 aliphatic heterocycles. The predicted octanol–water partition coefficient (Wildman–Crippen LogP) is 2.56. The van der Waals surface area contributed by atoms with Gasteiger partial charge in [0, 0.05) is 6.54 Å². The van der Waals surface area contributed by atoms with Crippen LogP contribution in [0.3, 0.4) is 0 Å². The molecule has 1 heterocycles. The second-order valence-electron chi connectivity index (χ2n) is 5.24. The average molecular weight is 337 g/mol. The average Bonchev–Trinajstić information content (AvgIpc) is 2.77. The number of aromatic nitrogens is 2. The molecule has 0 fully saturated rings. The zero-order valence-corrected chi connectivity index (χ0v) is 13.8. The van der Waals surface area contributed by atoms with E-state index in [-0.39, 0.29) is 6.04 Å². The molecule has 0 saturated carbocycles. The van der Waals surface area contributed by atoms with Crippen LogP contribution in [0.1, 0.15) is 22.9 Å². The van der Waals surface area contributed by atoms with Crippen LogP contribution in [0.25, 0.3) is 0 Å². The summed E-state index contributed by atoms with van der Waals surface area (Å²) in [5, 5.41) is 4.43. The van der Waals surface area contributed by atoms with Crippen LogP contribution >= 0.6 is 15.9 Å². The summed E-state index contributed by atoms with van der Waals surface area (Å²) in [6.45, 7) is 3.85. The van der Waals surface area contributed by atoms with Gasteiger partial charge in [-0.05, 0) is 48.1 Å². The van der Waals surface area contributed by atoms with E-state index in [9.17, 15) is 0 Å². The van der Waals surface area contributed by atoms with Crippen molar-refractivity contribution in [1.29, 1.82) is 0 Å². The summed E-state index contributed by atoms with van der Waals surface area (Å²) in [4.78, 5) is 2.14. The molecule has 0 aliphatic carbocycles.